The smallest absolute Gasteiger partial charge is 0.127 e. The average molecular weight is 307 g/mol. The summed E-state index contributed by atoms with van der Waals surface area (Å²) in [4.78, 5) is 2.13. The molecule has 3 rings (SSSR count). The zero-order valence-corrected chi connectivity index (χ0v) is 13.7. The maximum atomic E-state index is 13.9. The van der Waals surface area contributed by atoms with Gasteiger partial charge in [0.1, 0.15) is 11.6 Å². The Hall–Kier alpha value is -1.13. The van der Waals surface area contributed by atoms with E-state index in [9.17, 15) is 9.50 Å². The Balaban J connectivity index is 2.02. The van der Waals surface area contributed by atoms with Crippen LogP contribution in [0, 0.1) is 23.6 Å². The molecule has 1 N–H and O–H groups in total. The Morgan fingerprint density at radius 2 is 2.09 bits per heavy atom. The molecule has 4 atom stereocenters. The normalized spacial score (nSPS) is 34.2. The van der Waals surface area contributed by atoms with E-state index in [1.807, 2.05) is 14.1 Å². The molecule has 0 saturated heterocycles. The van der Waals surface area contributed by atoms with Crippen molar-refractivity contribution in [2.24, 2.45) is 17.8 Å². The number of halogens is 1. The minimum atomic E-state index is -0.955. The Morgan fingerprint density at radius 3 is 2.77 bits per heavy atom. The molecular formula is C18H26FNO2. The topological polar surface area (TPSA) is 32.7 Å². The molecule has 3 nitrogen and oxygen atoms in total. The van der Waals surface area contributed by atoms with E-state index in [-0.39, 0.29) is 11.7 Å². The minimum absolute atomic E-state index is 0.146. The van der Waals surface area contributed by atoms with Gasteiger partial charge in [0, 0.05) is 18.5 Å². The van der Waals surface area contributed by atoms with E-state index in [4.69, 9.17) is 4.74 Å². The quantitative estimate of drug-likeness (QED) is 0.928. The lowest BCUT2D eigenvalue weighted by molar-refractivity contribution is -0.0893. The van der Waals surface area contributed by atoms with Crippen LogP contribution in [0.25, 0.3) is 0 Å². The largest absolute Gasteiger partial charge is 0.497 e. The van der Waals surface area contributed by atoms with Crippen LogP contribution in [0.4, 0.5) is 4.39 Å². The number of hydrogen-bond donors (Lipinski definition) is 1. The van der Waals surface area contributed by atoms with Crippen LogP contribution in [0.1, 0.15) is 31.2 Å². The maximum Gasteiger partial charge on any atom is 0.127 e. The van der Waals surface area contributed by atoms with Crippen molar-refractivity contribution in [2.75, 3.05) is 27.7 Å². The zero-order valence-electron chi connectivity index (χ0n) is 13.7. The van der Waals surface area contributed by atoms with Gasteiger partial charge in [0.25, 0.3) is 0 Å². The van der Waals surface area contributed by atoms with Gasteiger partial charge < -0.3 is 14.7 Å². The molecule has 2 saturated carbocycles. The summed E-state index contributed by atoms with van der Waals surface area (Å²) in [5.41, 5.74) is -0.281. The molecule has 122 valence electrons. The third kappa shape index (κ3) is 2.74. The molecule has 0 amide bonds. The number of ether oxygens (including phenoxy) is 1. The second-order valence-corrected chi connectivity index (χ2v) is 7.32. The lowest BCUT2D eigenvalue weighted by Crippen LogP contribution is -2.47. The predicted octanol–water partition coefficient (Wildman–Crippen LogP) is 3.02. The van der Waals surface area contributed by atoms with Gasteiger partial charge in [-0.2, -0.15) is 0 Å². The molecule has 1 aromatic carbocycles. The van der Waals surface area contributed by atoms with E-state index >= 15 is 0 Å². The highest BCUT2D eigenvalue weighted by Gasteiger charge is 2.51. The second kappa shape index (κ2) is 5.82. The van der Waals surface area contributed by atoms with Gasteiger partial charge in [-0.1, -0.05) is 6.42 Å². The van der Waals surface area contributed by atoms with Crippen molar-refractivity contribution < 1.29 is 14.2 Å². The first-order chi connectivity index (χ1) is 10.4. The van der Waals surface area contributed by atoms with Crippen molar-refractivity contribution in [3.05, 3.63) is 29.6 Å². The zero-order chi connectivity index (χ0) is 15.9. The Morgan fingerprint density at radius 1 is 1.32 bits per heavy atom. The third-order valence-corrected chi connectivity index (χ3v) is 5.53. The minimum Gasteiger partial charge on any atom is -0.497 e. The number of fused-ring (bicyclic) bond motifs is 2. The van der Waals surface area contributed by atoms with E-state index in [0.29, 0.717) is 23.1 Å². The Labute approximate surface area is 132 Å². The summed E-state index contributed by atoms with van der Waals surface area (Å²) in [6.45, 7) is 0.826. The van der Waals surface area contributed by atoms with Crippen molar-refractivity contribution in [3.63, 3.8) is 0 Å². The summed E-state index contributed by atoms with van der Waals surface area (Å²) in [7, 11) is 5.60. The van der Waals surface area contributed by atoms with Crippen LogP contribution in [0.3, 0.4) is 0 Å². The number of aliphatic hydroxyl groups is 1. The maximum absolute atomic E-state index is 13.9. The highest BCUT2D eigenvalue weighted by Crippen LogP contribution is 2.54. The summed E-state index contributed by atoms with van der Waals surface area (Å²) in [6.07, 6.45) is 4.29. The third-order valence-electron chi connectivity index (χ3n) is 5.53. The fourth-order valence-corrected chi connectivity index (χ4v) is 4.60. The highest BCUT2D eigenvalue weighted by molar-refractivity contribution is 5.35. The van der Waals surface area contributed by atoms with Crippen molar-refractivity contribution in [1.82, 2.24) is 4.90 Å². The van der Waals surface area contributed by atoms with E-state index in [2.05, 4.69) is 4.90 Å². The molecule has 0 heterocycles. The molecule has 0 aliphatic heterocycles. The summed E-state index contributed by atoms with van der Waals surface area (Å²) < 4.78 is 19.1. The average Bonchev–Trinajstić information content (AvgIpc) is 2.86. The van der Waals surface area contributed by atoms with Gasteiger partial charge in [-0.05, 0) is 62.9 Å². The first-order valence-electron chi connectivity index (χ1n) is 8.14. The van der Waals surface area contributed by atoms with E-state index < -0.39 is 5.60 Å². The van der Waals surface area contributed by atoms with Crippen LogP contribution >= 0.6 is 0 Å². The molecule has 1 aromatic rings. The van der Waals surface area contributed by atoms with Gasteiger partial charge in [-0.25, -0.2) is 4.39 Å². The Bertz CT molecular complexity index is 548. The summed E-state index contributed by atoms with van der Waals surface area (Å²) in [6, 6.07) is 4.65. The van der Waals surface area contributed by atoms with E-state index in [1.54, 1.807) is 6.07 Å². The fourth-order valence-electron chi connectivity index (χ4n) is 4.60. The highest BCUT2D eigenvalue weighted by atomic mass is 19.1. The first-order valence-corrected chi connectivity index (χ1v) is 8.14. The molecule has 22 heavy (non-hydrogen) atoms. The van der Waals surface area contributed by atoms with Gasteiger partial charge in [0.2, 0.25) is 0 Å². The molecule has 2 bridgehead atoms. The first kappa shape index (κ1) is 15.8. The van der Waals surface area contributed by atoms with Crippen LogP contribution in [-0.2, 0) is 5.60 Å². The lowest BCUT2D eigenvalue weighted by Gasteiger charge is -2.45. The molecule has 4 heteroatoms. The summed E-state index contributed by atoms with van der Waals surface area (Å²) in [5.74, 6) is 1.37. The van der Waals surface area contributed by atoms with Crippen LogP contribution in [-0.4, -0.2) is 37.8 Å². The van der Waals surface area contributed by atoms with Gasteiger partial charge in [-0.15, -0.1) is 0 Å². The summed E-state index contributed by atoms with van der Waals surface area (Å²) >= 11 is 0. The monoisotopic (exact) mass is 307 g/mol. The van der Waals surface area contributed by atoms with Crippen molar-refractivity contribution in [1.29, 1.82) is 0 Å². The number of benzene rings is 1. The number of hydrogen-bond acceptors (Lipinski definition) is 3. The van der Waals surface area contributed by atoms with Crippen LogP contribution in [0.2, 0.25) is 0 Å². The van der Waals surface area contributed by atoms with Crippen LogP contribution in [0.15, 0.2) is 18.2 Å². The molecule has 2 aliphatic carbocycles. The van der Waals surface area contributed by atoms with Gasteiger partial charge in [0.15, 0.2) is 0 Å². The molecule has 0 radical (unpaired) electrons. The van der Waals surface area contributed by atoms with Gasteiger partial charge in [0.05, 0.1) is 12.7 Å². The van der Waals surface area contributed by atoms with Crippen molar-refractivity contribution >= 4 is 0 Å². The van der Waals surface area contributed by atoms with E-state index in [1.165, 1.54) is 38.5 Å². The number of rotatable bonds is 4. The lowest BCUT2D eigenvalue weighted by atomic mass is 9.66. The Kier molecular flexibility index (Phi) is 4.17. The van der Waals surface area contributed by atoms with Gasteiger partial charge in [-0.3, -0.25) is 0 Å². The number of methoxy groups -OCH3 is 1. The summed E-state index contributed by atoms with van der Waals surface area (Å²) in [5, 5.41) is 11.5. The number of nitrogens with zero attached hydrogens (tertiary/aromatic N) is 1. The molecule has 2 fully saturated rings. The predicted molar refractivity (Wildman–Crippen MR) is 84.3 cm³/mol. The second-order valence-electron chi connectivity index (χ2n) is 7.32. The molecule has 0 aromatic heterocycles. The van der Waals surface area contributed by atoms with E-state index in [0.717, 1.165) is 13.0 Å². The van der Waals surface area contributed by atoms with Crippen molar-refractivity contribution in [3.8, 4) is 5.75 Å². The molecule has 2 unspecified atom stereocenters. The fraction of sp³-hybridized carbons (Fsp3) is 0.667. The van der Waals surface area contributed by atoms with Crippen molar-refractivity contribution in [2.45, 2.75) is 31.3 Å². The van der Waals surface area contributed by atoms with Gasteiger partial charge >= 0.3 is 0 Å². The molecule has 0 spiro atoms. The SMILES string of the molecule is COc1cc(F)cc([C@@]2(O)CC3CC[C@@H](C3)C2CN(C)C)c1. The molecule has 2 aliphatic rings. The molecular weight excluding hydrogens is 281 g/mol. The van der Waals surface area contributed by atoms with Crippen LogP contribution in [0.5, 0.6) is 5.75 Å². The van der Waals surface area contributed by atoms with Crippen LogP contribution < -0.4 is 4.74 Å². The standard InChI is InChI=1S/C18H26FNO2/c1-20(2)11-17-13-5-4-12(6-13)10-18(17,21)14-7-15(19)9-16(8-14)22-3/h7-9,12-13,17,21H,4-6,10-11H2,1-3H3/t12?,13-,17?,18-/m0/s1.